The number of hydrogen-bond acceptors (Lipinski definition) is 1. The van der Waals surface area contributed by atoms with Crippen LogP contribution < -0.4 is 5.56 Å². The molecule has 0 amide bonds. The fraction of sp³-hybridized carbons (Fsp3) is 0.182. The highest BCUT2D eigenvalue weighted by Gasteiger charge is 2.03. The molecule has 1 heterocycles. The number of aryl methyl sites for hydroxylation is 2. The Balaban J connectivity index is 2.59. The summed E-state index contributed by atoms with van der Waals surface area (Å²) in [6.45, 7) is 3.81. The predicted octanol–water partition coefficient (Wildman–Crippen LogP) is 2.44. The molecule has 1 N–H and O–H groups in total. The molecule has 0 aliphatic rings. The predicted molar refractivity (Wildman–Crippen MR) is 60.9 cm³/mol. The lowest BCUT2D eigenvalue weighted by molar-refractivity contribution is 0.834. The SMILES string of the molecule is Cc1ccc(-n2[nH]c(=O)cc2C)cc1Cl. The van der Waals surface area contributed by atoms with Crippen LogP contribution >= 0.6 is 11.6 Å². The largest absolute Gasteiger partial charge is 0.268 e. The highest BCUT2D eigenvalue weighted by Crippen LogP contribution is 2.19. The topological polar surface area (TPSA) is 37.8 Å². The fourth-order valence-electron chi connectivity index (χ4n) is 1.47. The van der Waals surface area contributed by atoms with Crippen molar-refractivity contribution >= 4 is 11.6 Å². The van der Waals surface area contributed by atoms with E-state index < -0.39 is 0 Å². The van der Waals surface area contributed by atoms with Crippen molar-refractivity contribution in [1.82, 2.24) is 9.78 Å². The normalized spacial score (nSPS) is 10.6. The van der Waals surface area contributed by atoms with Crippen molar-refractivity contribution in [3.63, 3.8) is 0 Å². The van der Waals surface area contributed by atoms with E-state index in [-0.39, 0.29) is 5.56 Å². The molecule has 0 saturated carbocycles. The van der Waals surface area contributed by atoms with Crippen LogP contribution in [0.25, 0.3) is 5.69 Å². The van der Waals surface area contributed by atoms with Crippen LogP contribution in [0.5, 0.6) is 0 Å². The molecule has 0 bridgehead atoms. The monoisotopic (exact) mass is 222 g/mol. The first-order chi connectivity index (χ1) is 7.08. The summed E-state index contributed by atoms with van der Waals surface area (Å²) in [5.41, 5.74) is 2.64. The Morgan fingerprint density at radius 1 is 1.27 bits per heavy atom. The molecule has 0 atom stereocenters. The molecule has 1 aromatic carbocycles. The Kier molecular flexibility index (Phi) is 2.40. The van der Waals surface area contributed by atoms with Gasteiger partial charge in [-0.05, 0) is 31.5 Å². The van der Waals surface area contributed by atoms with Gasteiger partial charge in [-0.2, -0.15) is 0 Å². The van der Waals surface area contributed by atoms with Crippen LogP contribution in [-0.4, -0.2) is 9.78 Å². The number of nitrogens with zero attached hydrogens (tertiary/aromatic N) is 1. The lowest BCUT2D eigenvalue weighted by atomic mass is 10.2. The van der Waals surface area contributed by atoms with Crippen molar-refractivity contribution in [2.24, 2.45) is 0 Å². The van der Waals surface area contributed by atoms with Crippen molar-refractivity contribution in [1.29, 1.82) is 0 Å². The maximum atomic E-state index is 11.1. The fourth-order valence-corrected chi connectivity index (χ4v) is 1.65. The van der Waals surface area contributed by atoms with Gasteiger partial charge in [0.2, 0.25) is 0 Å². The number of nitrogens with one attached hydrogen (secondary N) is 1. The smallest absolute Gasteiger partial charge is 0.264 e. The molecule has 0 unspecified atom stereocenters. The van der Waals surface area contributed by atoms with E-state index in [0.29, 0.717) is 5.02 Å². The quantitative estimate of drug-likeness (QED) is 0.791. The molecule has 15 heavy (non-hydrogen) atoms. The molecule has 1 aromatic heterocycles. The minimum Gasteiger partial charge on any atom is -0.268 e. The van der Waals surface area contributed by atoms with Gasteiger partial charge in [0.25, 0.3) is 5.56 Å². The number of hydrogen-bond donors (Lipinski definition) is 1. The first-order valence-corrected chi connectivity index (χ1v) is 5.01. The summed E-state index contributed by atoms with van der Waals surface area (Å²) in [7, 11) is 0. The number of halogens is 1. The van der Waals surface area contributed by atoms with Gasteiger partial charge >= 0.3 is 0 Å². The molecule has 2 rings (SSSR count). The second kappa shape index (κ2) is 3.59. The summed E-state index contributed by atoms with van der Waals surface area (Å²) in [4.78, 5) is 11.1. The van der Waals surface area contributed by atoms with E-state index in [1.165, 1.54) is 0 Å². The van der Waals surface area contributed by atoms with Gasteiger partial charge in [0.1, 0.15) is 0 Å². The Labute approximate surface area is 92.3 Å². The molecule has 78 valence electrons. The van der Waals surface area contributed by atoms with Crippen molar-refractivity contribution in [3.05, 3.63) is 50.9 Å². The van der Waals surface area contributed by atoms with Crippen LogP contribution in [0.3, 0.4) is 0 Å². The third-order valence-corrected chi connectivity index (χ3v) is 2.74. The van der Waals surface area contributed by atoms with E-state index in [4.69, 9.17) is 11.6 Å². The number of aromatic nitrogens is 2. The van der Waals surface area contributed by atoms with E-state index >= 15 is 0 Å². The molecule has 0 saturated heterocycles. The van der Waals surface area contributed by atoms with Crippen LogP contribution in [0.1, 0.15) is 11.3 Å². The standard InChI is InChI=1S/C11H11ClN2O/c1-7-3-4-9(6-10(7)12)14-8(2)5-11(15)13-14/h3-6H,1-2H3,(H,13,15). The molecule has 0 radical (unpaired) electrons. The average molecular weight is 223 g/mol. The summed E-state index contributed by atoms with van der Waals surface area (Å²) >= 11 is 6.02. The molecule has 2 aromatic rings. The van der Waals surface area contributed by atoms with Gasteiger partial charge in [0.05, 0.1) is 5.69 Å². The van der Waals surface area contributed by atoms with Crippen molar-refractivity contribution in [2.75, 3.05) is 0 Å². The first-order valence-electron chi connectivity index (χ1n) is 4.63. The third kappa shape index (κ3) is 1.83. The van der Waals surface area contributed by atoms with Gasteiger partial charge in [-0.1, -0.05) is 17.7 Å². The number of H-pyrrole nitrogens is 1. The number of rotatable bonds is 1. The summed E-state index contributed by atoms with van der Waals surface area (Å²) < 4.78 is 1.72. The van der Waals surface area contributed by atoms with Crippen LogP contribution in [-0.2, 0) is 0 Å². The second-order valence-corrected chi connectivity index (χ2v) is 3.94. The molecule has 0 aliphatic heterocycles. The molecule has 0 aliphatic carbocycles. The van der Waals surface area contributed by atoms with Crippen LogP contribution in [0, 0.1) is 13.8 Å². The highest BCUT2D eigenvalue weighted by molar-refractivity contribution is 6.31. The minimum atomic E-state index is -0.107. The first kappa shape index (κ1) is 10.1. The molecule has 4 heteroatoms. The summed E-state index contributed by atoms with van der Waals surface area (Å²) in [5.74, 6) is 0. The number of aromatic amines is 1. The van der Waals surface area contributed by atoms with Gasteiger partial charge in [-0.15, -0.1) is 0 Å². The maximum Gasteiger partial charge on any atom is 0.264 e. The van der Waals surface area contributed by atoms with Crippen molar-refractivity contribution < 1.29 is 0 Å². The van der Waals surface area contributed by atoms with Crippen LogP contribution in [0.2, 0.25) is 5.02 Å². The third-order valence-electron chi connectivity index (χ3n) is 2.33. The van der Waals surface area contributed by atoms with E-state index in [1.807, 2.05) is 32.0 Å². The van der Waals surface area contributed by atoms with Gasteiger partial charge in [-0.3, -0.25) is 14.6 Å². The Morgan fingerprint density at radius 3 is 2.53 bits per heavy atom. The highest BCUT2D eigenvalue weighted by atomic mass is 35.5. The molecule has 3 nitrogen and oxygen atoms in total. The van der Waals surface area contributed by atoms with E-state index in [1.54, 1.807) is 10.7 Å². The van der Waals surface area contributed by atoms with Crippen molar-refractivity contribution in [3.8, 4) is 5.69 Å². The lowest BCUT2D eigenvalue weighted by Crippen LogP contribution is -2.04. The summed E-state index contributed by atoms with van der Waals surface area (Å²) in [6.07, 6.45) is 0. The minimum absolute atomic E-state index is 0.107. The molecular weight excluding hydrogens is 212 g/mol. The summed E-state index contributed by atoms with van der Waals surface area (Å²) in [6, 6.07) is 7.23. The zero-order valence-corrected chi connectivity index (χ0v) is 9.30. The Bertz CT molecular complexity index is 554. The Hall–Kier alpha value is -1.48. The van der Waals surface area contributed by atoms with E-state index in [9.17, 15) is 4.79 Å². The van der Waals surface area contributed by atoms with E-state index in [2.05, 4.69) is 5.10 Å². The lowest BCUT2D eigenvalue weighted by Gasteiger charge is -2.06. The Morgan fingerprint density at radius 2 is 2.00 bits per heavy atom. The van der Waals surface area contributed by atoms with Crippen molar-refractivity contribution in [2.45, 2.75) is 13.8 Å². The van der Waals surface area contributed by atoms with Gasteiger partial charge in [0.15, 0.2) is 0 Å². The molecule has 0 fully saturated rings. The van der Waals surface area contributed by atoms with Crippen LogP contribution in [0.4, 0.5) is 0 Å². The van der Waals surface area contributed by atoms with Gasteiger partial charge < -0.3 is 0 Å². The molecular formula is C11H11ClN2O. The van der Waals surface area contributed by atoms with Gasteiger partial charge in [-0.25, -0.2) is 0 Å². The maximum absolute atomic E-state index is 11.1. The molecule has 0 spiro atoms. The zero-order chi connectivity index (χ0) is 11.0. The number of benzene rings is 1. The average Bonchev–Trinajstić information content (AvgIpc) is 2.50. The van der Waals surface area contributed by atoms with Crippen LogP contribution in [0.15, 0.2) is 29.1 Å². The zero-order valence-electron chi connectivity index (χ0n) is 8.54. The second-order valence-electron chi connectivity index (χ2n) is 3.53. The summed E-state index contributed by atoms with van der Waals surface area (Å²) in [5, 5.41) is 3.41. The van der Waals surface area contributed by atoms with E-state index in [0.717, 1.165) is 16.9 Å². The van der Waals surface area contributed by atoms with Gasteiger partial charge in [0, 0.05) is 16.8 Å².